The Morgan fingerprint density at radius 2 is 2.42 bits per heavy atom. The van der Waals surface area contributed by atoms with Crippen molar-refractivity contribution < 1.29 is 14.3 Å². The number of hydrogen-bond acceptors (Lipinski definition) is 5. The summed E-state index contributed by atoms with van der Waals surface area (Å²) in [5.41, 5.74) is 6.45. The molecule has 1 unspecified atom stereocenters. The summed E-state index contributed by atoms with van der Waals surface area (Å²) >= 11 is 0. The second kappa shape index (κ2) is 5.54. The molecule has 1 atom stereocenters. The number of amides is 1. The average molecular weight is 265 g/mol. The zero-order valence-electron chi connectivity index (χ0n) is 11.2. The maximum Gasteiger partial charge on any atom is 0.251 e. The lowest BCUT2D eigenvalue weighted by Gasteiger charge is -2.25. The van der Waals surface area contributed by atoms with Gasteiger partial charge in [0.15, 0.2) is 0 Å². The van der Waals surface area contributed by atoms with Crippen LogP contribution >= 0.6 is 0 Å². The van der Waals surface area contributed by atoms with Crippen LogP contribution < -0.4 is 11.1 Å². The molecule has 2 rings (SSSR count). The first-order valence-corrected chi connectivity index (χ1v) is 6.20. The lowest BCUT2D eigenvalue weighted by Crippen LogP contribution is -2.45. The van der Waals surface area contributed by atoms with Gasteiger partial charge < -0.3 is 20.5 Å². The van der Waals surface area contributed by atoms with Gasteiger partial charge in [-0.3, -0.25) is 4.79 Å². The Bertz CT molecular complexity index is 450. The van der Waals surface area contributed by atoms with Crippen LogP contribution in [0.25, 0.3) is 0 Å². The van der Waals surface area contributed by atoms with Crippen LogP contribution in [0.4, 0.5) is 5.82 Å². The average Bonchev–Trinajstić information content (AvgIpc) is 2.84. The highest BCUT2D eigenvalue weighted by molar-refractivity contribution is 5.94. The first-order valence-electron chi connectivity index (χ1n) is 6.20. The summed E-state index contributed by atoms with van der Waals surface area (Å²) in [7, 11) is 1.63. The van der Waals surface area contributed by atoms with E-state index in [1.54, 1.807) is 26.2 Å². The van der Waals surface area contributed by atoms with Crippen molar-refractivity contribution in [2.75, 3.05) is 32.6 Å². The van der Waals surface area contributed by atoms with Gasteiger partial charge in [0, 0.05) is 37.9 Å². The molecule has 0 saturated carbocycles. The van der Waals surface area contributed by atoms with Crippen molar-refractivity contribution in [3.63, 3.8) is 0 Å². The molecule has 0 aliphatic carbocycles. The predicted octanol–water partition coefficient (Wildman–Crippen LogP) is 0.508. The molecule has 3 N–H and O–H groups in total. The van der Waals surface area contributed by atoms with Crippen LogP contribution in [0.3, 0.4) is 0 Å². The number of aryl methyl sites for hydroxylation is 1. The minimum atomic E-state index is -0.413. The Balaban J connectivity index is 2.01. The molecule has 6 nitrogen and oxygen atoms in total. The van der Waals surface area contributed by atoms with Gasteiger partial charge in [-0.05, 0) is 19.1 Å². The number of hydrogen-bond donors (Lipinski definition) is 2. The van der Waals surface area contributed by atoms with Gasteiger partial charge in [0.2, 0.25) is 0 Å². The van der Waals surface area contributed by atoms with E-state index in [0.717, 1.165) is 12.1 Å². The number of carbonyl (C=O) groups excluding carboxylic acids is 1. The quantitative estimate of drug-likeness (QED) is 0.828. The molecule has 1 amide bonds. The largest absolute Gasteiger partial charge is 0.384 e. The van der Waals surface area contributed by atoms with Crippen molar-refractivity contribution in [1.29, 1.82) is 0 Å². The Labute approximate surface area is 112 Å². The number of carbonyl (C=O) groups is 1. The van der Waals surface area contributed by atoms with Crippen LogP contribution in [0.5, 0.6) is 0 Å². The minimum Gasteiger partial charge on any atom is -0.384 e. The van der Waals surface area contributed by atoms with Crippen molar-refractivity contribution in [3.05, 3.63) is 23.4 Å². The maximum absolute atomic E-state index is 12.1. The normalized spacial score (nSPS) is 22.4. The van der Waals surface area contributed by atoms with Crippen molar-refractivity contribution in [3.8, 4) is 0 Å². The fourth-order valence-corrected chi connectivity index (χ4v) is 2.13. The van der Waals surface area contributed by atoms with E-state index < -0.39 is 5.60 Å². The van der Waals surface area contributed by atoms with E-state index in [0.29, 0.717) is 31.1 Å². The maximum atomic E-state index is 12.1. The zero-order valence-corrected chi connectivity index (χ0v) is 11.2. The highest BCUT2D eigenvalue weighted by Crippen LogP contribution is 2.21. The third-order valence-electron chi connectivity index (χ3n) is 3.31. The highest BCUT2D eigenvalue weighted by atomic mass is 16.5. The van der Waals surface area contributed by atoms with Crippen LogP contribution in [0.2, 0.25) is 0 Å². The van der Waals surface area contributed by atoms with Crippen LogP contribution in [-0.2, 0) is 9.47 Å². The van der Waals surface area contributed by atoms with Crippen LogP contribution in [0, 0.1) is 6.92 Å². The molecular formula is C13H19N3O3. The minimum absolute atomic E-state index is 0.180. The summed E-state index contributed by atoms with van der Waals surface area (Å²) in [6.07, 6.45) is 0.779. The lowest BCUT2D eigenvalue weighted by atomic mass is 10.0. The van der Waals surface area contributed by atoms with Crippen molar-refractivity contribution in [2.24, 2.45) is 0 Å². The van der Waals surface area contributed by atoms with Gasteiger partial charge in [0.05, 0.1) is 6.61 Å². The lowest BCUT2D eigenvalue weighted by molar-refractivity contribution is -0.0148. The van der Waals surface area contributed by atoms with Gasteiger partial charge in [0.25, 0.3) is 5.91 Å². The number of ether oxygens (including phenoxy) is 2. The highest BCUT2D eigenvalue weighted by Gasteiger charge is 2.35. The van der Waals surface area contributed by atoms with E-state index in [4.69, 9.17) is 15.2 Å². The number of aromatic nitrogens is 1. The molecule has 0 aromatic carbocycles. The number of nitrogen functional groups attached to an aromatic ring is 1. The zero-order chi connectivity index (χ0) is 13.9. The number of rotatable bonds is 4. The van der Waals surface area contributed by atoms with Crippen LogP contribution in [-0.4, -0.2) is 43.4 Å². The molecule has 1 aromatic heterocycles. The number of nitrogens with one attached hydrogen (secondary N) is 1. The summed E-state index contributed by atoms with van der Waals surface area (Å²) in [5, 5.41) is 2.86. The first kappa shape index (κ1) is 13.8. The number of nitrogens with zero attached hydrogens (tertiary/aromatic N) is 1. The molecule has 0 spiro atoms. The number of pyridine rings is 1. The molecular weight excluding hydrogens is 246 g/mol. The van der Waals surface area contributed by atoms with Crippen molar-refractivity contribution >= 4 is 11.7 Å². The van der Waals surface area contributed by atoms with Crippen LogP contribution in [0.15, 0.2) is 12.1 Å². The summed E-state index contributed by atoms with van der Waals surface area (Å²) in [6.45, 7) is 3.38. The molecule has 0 radical (unpaired) electrons. The molecule has 1 saturated heterocycles. The van der Waals surface area contributed by atoms with E-state index in [2.05, 4.69) is 10.3 Å². The Morgan fingerprint density at radius 3 is 3.00 bits per heavy atom. The third kappa shape index (κ3) is 3.21. The predicted molar refractivity (Wildman–Crippen MR) is 70.9 cm³/mol. The molecule has 1 fully saturated rings. The van der Waals surface area contributed by atoms with E-state index >= 15 is 0 Å². The monoisotopic (exact) mass is 265 g/mol. The van der Waals surface area contributed by atoms with Gasteiger partial charge >= 0.3 is 0 Å². The number of methoxy groups -OCH3 is 1. The van der Waals surface area contributed by atoms with E-state index in [9.17, 15) is 4.79 Å². The van der Waals surface area contributed by atoms with Gasteiger partial charge in [0.1, 0.15) is 11.4 Å². The molecule has 0 bridgehead atoms. The molecule has 6 heteroatoms. The van der Waals surface area contributed by atoms with Crippen molar-refractivity contribution in [1.82, 2.24) is 10.3 Å². The number of nitrogens with two attached hydrogens (primary N) is 1. The Kier molecular flexibility index (Phi) is 4.01. The Hall–Kier alpha value is -1.66. The SMILES string of the molecule is COC1(CNC(=O)c2cc(C)nc(N)c2)CCOC1. The topological polar surface area (TPSA) is 86.5 Å². The molecule has 1 aromatic rings. The standard InChI is InChI=1S/C13H19N3O3/c1-9-5-10(6-11(14)16-9)12(17)15-7-13(18-2)3-4-19-8-13/h5-6H,3-4,7-8H2,1-2H3,(H2,14,16)(H,15,17). The smallest absolute Gasteiger partial charge is 0.251 e. The van der Waals surface area contributed by atoms with Gasteiger partial charge in [-0.1, -0.05) is 0 Å². The summed E-state index contributed by atoms with van der Waals surface area (Å²) in [5.74, 6) is 0.163. The first-order chi connectivity index (χ1) is 9.04. The molecule has 1 aliphatic heterocycles. The van der Waals surface area contributed by atoms with Gasteiger partial charge in [-0.25, -0.2) is 4.98 Å². The third-order valence-corrected chi connectivity index (χ3v) is 3.31. The fourth-order valence-electron chi connectivity index (χ4n) is 2.13. The van der Waals surface area contributed by atoms with Gasteiger partial charge in [-0.15, -0.1) is 0 Å². The number of anilines is 1. The van der Waals surface area contributed by atoms with Gasteiger partial charge in [-0.2, -0.15) is 0 Å². The molecule has 2 heterocycles. The van der Waals surface area contributed by atoms with E-state index in [1.165, 1.54) is 0 Å². The molecule has 19 heavy (non-hydrogen) atoms. The summed E-state index contributed by atoms with van der Waals surface area (Å²) in [4.78, 5) is 16.1. The summed E-state index contributed by atoms with van der Waals surface area (Å²) in [6, 6.07) is 3.27. The molecule has 1 aliphatic rings. The molecule has 104 valence electrons. The van der Waals surface area contributed by atoms with E-state index in [-0.39, 0.29) is 5.91 Å². The van der Waals surface area contributed by atoms with Crippen molar-refractivity contribution in [2.45, 2.75) is 18.9 Å². The second-order valence-electron chi connectivity index (χ2n) is 4.79. The Morgan fingerprint density at radius 1 is 1.63 bits per heavy atom. The fraction of sp³-hybridized carbons (Fsp3) is 0.538. The van der Waals surface area contributed by atoms with E-state index in [1.807, 2.05) is 0 Å². The summed E-state index contributed by atoms with van der Waals surface area (Å²) < 4.78 is 10.8. The second-order valence-corrected chi connectivity index (χ2v) is 4.79. The van der Waals surface area contributed by atoms with Crippen LogP contribution in [0.1, 0.15) is 22.5 Å².